The van der Waals surface area contributed by atoms with E-state index in [-0.39, 0.29) is 11.2 Å². The summed E-state index contributed by atoms with van der Waals surface area (Å²) in [5.74, 6) is 1.84. The molecule has 1 aliphatic rings. The molecule has 1 saturated heterocycles. The lowest BCUT2D eigenvalue weighted by atomic mass is 9.89. The first kappa shape index (κ1) is 14.9. The van der Waals surface area contributed by atoms with Gasteiger partial charge in [0, 0.05) is 15.6 Å². The van der Waals surface area contributed by atoms with Crippen LogP contribution in [-0.4, -0.2) is 18.3 Å². The van der Waals surface area contributed by atoms with Crippen LogP contribution in [0.2, 0.25) is 10.0 Å². The number of hydrogen-bond donors (Lipinski definition) is 0. The third-order valence-corrected chi connectivity index (χ3v) is 4.35. The van der Waals surface area contributed by atoms with E-state index in [1.165, 1.54) is 0 Å². The van der Waals surface area contributed by atoms with Gasteiger partial charge in [-0.25, -0.2) is 0 Å². The maximum absolute atomic E-state index is 6.11. The fraction of sp³-hybridized carbons (Fsp3) is 0.429. The first-order valence-electron chi connectivity index (χ1n) is 6.21. The third-order valence-electron chi connectivity index (χ3n) is 3.69. The molecule has 0 spiro atoms. The van der Waals surface area contributed by atoms with E-state index in [1.807, 2.05) is 45.8 Å². The zero-order chi connectivity index (χ0) is 14.3. The molecule has 5 heteroatoms. The second-order valence-corrected chi connectivity index (χ2v) is 6.43. The Hall–Kier alpha value is -0.475. The Balaban J connectivity index is 2.18. The Morgan fingerprint density at radius 3 is 1.95 bits per heavy atom. The Labute approximate surface area is 124 Å². The molecule has 0 aromatic heterocycles. The Kier molecular flexibility index (Phi) is 4.03. The molecule has 0 unspecified atom stereocenters. The van der Waals surface area contributed by atoms with Gasteiger partial charge in [-0.05, 0) is 39.8 Å². The van der Waals surface area contributed by atoms with E-state index in [2.05, 4.69) is 0 Å². The van der Waals surface area contributed by atoms with Crippen molar-refractivity contribution in [3.63, 3.8) is 0 Å². The van der Waals surface area contributed by atoms with Crippen molar-refractivity contribution >= 4 is 36.4 Å². The molecule has 0 radical (unpaired) electrons. The fourth-order valence-electron chi connectivity index (χ4n) is 1.81. The highest BCUT2D eigenvalue weighted by molar-refractivity contribution is 6.53. The third kappa shape index (κ3) is 3.00. The normalized spacial score (nSPS) is 21.3. The average Bonchev–Trinajstić information content (AvgIpc) is 2.46. The van der Waals surface area contributed by atoms with Crippen molar-refractivity contribution in [1.82, 2.24) is 0 Å². The van der Waals surface area contributed by atoms with Gasteiger partial charge in [0.1, 0.15) is 0 Å². The van der Waals surface area contributed by atoms with Crippen molar-refractivity contribution < 1.29 is 9.31 Å². The van der Waals surface area contributed by atoms with Gasteiger partial charge in [0.05, 0.1) is 11.2 Å². The van der Waals surface area contributed by atoms with Gasteiger partial charge >= 0.3 is 7.12 Å². The average molecular weight is 299 g/mol. The minimum atomic E-state index is -0.391. The second kappa shape index (κ2) is 5.14. The summed E-state index contributed by atoms with van der Waals surface area (Å²) >= 11 is 12.2. The van der Waals surface area contributed by atoms with Gasteiger partial charge in [0.2, 0.25) is 0 Å². The molecule has 0 atom stereocenters. The lowest BCUT2D eigenvalue weighted by Gasteiger charge is -2.32. The molecule has 2 rings (SSSR count). The molecule has 0 N–H and O–H groups in total. The fourth-order valence-corrected chi connectivity index (χ4v) is 2.34. The molecule has 0 bridgehead atoms. The molecule has 0 amide bonds. The predicted molar refractivity (Wildman–Crippen MR) is 81.6 cm³/mol. The molecule has 0 saturated carbocycles. The number of benzene rings is 1. The number of rotatable bonds is 2. The molecule has 102 valence electrons. The molecule has 1 aromatic carbocycles. The van der Waals surface area contributed by atoms with Gasteiger partial charge in [0.25, 0.3) is 0 Å². The summed E-state index contributed by atoms with van der Waals surface area (Å²) in [6.07, 6.45) is 1.84. The monoisotopic (exact) mass is 298 g/mol. The molecule has 0 aliphatic carbocycles. The van der Waals surface area contributed by atoms with Crippen LogP contribution in [0.1, 0.15) is 33.3 Å². The summed E-state index contributed by atoms with van der Waals surface area (Å²) in [5, 5.41) is 1.22. The van der Waals surface area contributed by atoms with Crippen LogP contribution >= 0.6 is 23.2 Å². The van der Waals surface area contributed by atoms with E-state index in [0.29, 0.717) is 10.0 Å². The van der Waals surface area contributed by atoms with Gasteiger partial charge in [-0.15, -0.1) is 0 Å². The van der Waals surface area contributed by atoms with Gasteiger partial charge in [-0.2, -0.15) is 0 Å². The van der Waals surface area contributed by atoms with Gasteiger partial charge in [-0.1, -0.05) is 41.3 Å². The van der Waals surface area contributed by atoms with E-state index in [0.717, 1.165) is 5.56 Å². The van der Waals surface area contributed by atoms with Crippen LogP contribution in [0.5, 0.6) is 0 Å². The van der Waals surface area contributed by atoms with Crippen molar-refractivity contribution in [2.75, 3.05) is 0 Å². The SMILES string of the molecule is CC1(C)OB(C=Cc2c(Cl)cccc2Cl)OC1(C)C. The minimum absolute atomic E-state index is 0.341. The van der Waals surface area contributed by atoms with E-state index >= 15 is 0 Å². The van der Waals surface area contributed by atoms with Crippen molar-refractivity contribution in [1.29, 1.82) is 0 Å². The summed E-state index contributed by atoms with van der Waals surface area (Å²) in [6, 6.07) is 5.42. The first-order valence-corrected chi connectivity index (χ1v) is 6.96. The highest BCUT2D eigenvalue weighted by Crippen LogP contribution is 2.37. The molecule has 2 nitrogen and oxygen atoms in total. The topological polar surface area (TPSA) is 18.5 Å². The smallest absolute Gasteiger partial charge is 0.400 e. The van der Waals surface area contributed by atoms with Crippen molar-refractivity contribution in [2.45, 2.75) is 38.9 Å². The number of hydrogen-bond acceptors (Lipinski definition) is 2. The van der Waals surface area contributed by atoms with Gasteiger partial charge in [0.15, 0.2) is 0 Å². The van der Waals surface area contributed by atoms with Crippen LogP contribution in [-0.2, 0) is 9.31 Å². The van der Waals surface area contributed by atoms with Gasteiger partial charge < -0.3 is 9.31 Å². The number of halogens is 2. The molecular weight excluding hydrogens is 282 g/mol. The van der Waals surface area contributed by atoms with Crippen molar-refractivity contribution in [3.8, 4) is 0 Å². The second-order valence-electron chi connectivity index (χ2n) is 5.62. The molecule has 1 heterocycles. The van der Waals surface area contributed by atoms with Crippen LogP contribution in [0.3, 0.4) is 0 Å². The standard InChI is InChI=1S/C14H17BCl2O2/c1-13(2)14(3,4)19-15(18-13)9-8-10-11(16)6-5-7-12(10)17/h5-9H,1-4H3. The lowest BCUT2D eigenvalue weighted by molar-refractivity contribution is 0.00578. The van der Waals surface area contributed by atoms with Crippen LogP contribution in [0, 0.1) is 0 Å². The quantitative estimate of drug-likeness (QED) is 0.741. The Bertz CT molecular complexity index is 476. The zero-order valence-electron chi connectivity index (χ0n) is 11.5. The minimum Gasteiger partial charge on any atom is -0.400 e. The summed E-state index contributed by atoms with van der Waals surface area (Å²) in [5.41, 5.74) is 0.0963. The van der Waals surface area contributed by atoms with E-state index < -0.39 is 7.12 Å². The van der Waals surface area contributed by atoms with Crippen LogP contribution in [0.25, 0.3) is 6.08 Å². The Morgan fingerprint density at radius 2 is 1.47 bits per heavy atom. The van der Waals surface area contributed by atoms with Gasteiger partial charge in [-0.3, -0.25) is 0 Å². The highest BCUT2D eigenvalue weighted by Gasteiger charge is 2.50. The zero-order valence-corrected chi connectivity index (χ0v) is 13.0. The van der Waals surface area contributed by atoms with Crippen LogP contribution < -0.4 is 0 Å². The van der Waals surface area contributed by atoms with E-state index in [9.17, 15) is 0 Å². The lowest BCUT2D eigenvalue weighted by Crippen LogP contribution is -2.41. The summed E-state index contributed by atoms with van der Waals surface area (Å²) in [7, 11) is -0.391. The van der Waals surface area contributed by atoms with Crippen LogP contribution in [0.4, 0.5) is 0 Å². The summed E-state index contributed by atoms with van der Waals surface area (Å²) < 4.78 is 11.7. The molecule has 1 aliphatic heterocycles. The van der Waals surface area contributed by atoms with Crippen LogP contribution in [0.15, 0.2) is 24.2 Å². The maximum atomic E-state index is 6.11. The molecule has 1 fully saturated rings. The highest BCUT2D eigenvalue weighted by atomic mass is 35.5. The first-order chi connectivity index (χ1) is 8.73. The van der Waals surface area contributed by atoms with Crippen molar-refractivity contribution in [2.24, 2.45) is 0 Å². The molecular formula is C14H17BCl2O2. The molecule has 1 aromatic rings. The van der Waals surface area contributed by atoms with Crippen molar-refractivity contribution in [3.05, 3.63) is 39.8 Å². The largest absolute Gasteiger partial charge is 0.487 e. The summed E-state index contributed by atoms with van der Waals surface area (Å²) in [4.78, 5) is 0. The van der Waals surface area contributed by atoms with E-state index in [1.54, 1.807) is 12.1 Å². The summed E-state index contributed by atoms with van der Waals surface area (Å²) in [6.45, 7) is 8.07. The molecule has 19 heavy (non-hydrogen) atoms. The maximum Gasteiger partial charge on any atom is 0.487 e. The predicted octanol–water partition coefficient (Wildman–Crippen LogP) is 4.64. The Morgan fingerprint density at radius 1 is 1.00 bits per heavy atom. The van der Waals surface area contributed by atoms with E-state index in [4.69, 9.17) is 32.5 Å².